The van der Waals surface area contributed by atoms with Crippen LogP contribution in [0.2, 0.25) is 0 Å². The van der Waals surface area contributed by atoms with Gasteiger partial charge < -0.3 is 0 Å². The SMILES string of the molecule is O=c1cc(-c2ccc(I)cc2)[nH]n1-c1ccccn1.O=c1cc(-c2ccc(I)cc2)[nH]n1-c1ccccn1. The maximum Gasteiger partial charge on any atom is 0.273 e. The Morgan fingerprint density at radius 2 is 0.947 bits per heavy atom. The average Bonchev–Trinajstić information content (AvgIpc) is 3.53. The van der Waals surface area contributed by atoms with Crippen molar-refractivity contribution in [3.8, 4) is 34.2 Å². The number of halogens is 2. The smallest absolute Gasteiger partial charge is 0.273 e. The second kappa shape index (κ2) is 11.7. The van der Waals surface area contributed by atoms with Crippen molar-refractivity contribution in [1.29, 1.82) is 0 Å². The third-order valence-corrected chi connectivity index (χ3v) is 6.95. The predicted molar refractivity (Wildman–Crippen MR) is 165 cm³/mol. The van der Waals surface area contributed by atoms with Gasteiger partial charge in [0.05, 0.1) is 11.4 Å². The highest BCUT2D eigenvalue weighted by Crippen LogP contribution is 2.18. The van der Waals surface area contributed by atoms with E-state index in [0.717, 1.165) is 29.7 Å². The minimum absolute atomic E-state index is 0.118. The van der Waals surface area contributed by atoms with Crippen molar-refractivity contribution in [1.82, 2.24) is 29.5 Å². The van der Waals surface area contributed by atoms with E-state index in [4.69, 9.17) is 0 Å². The fraction of sp³-hybridized carbons (Fsp3) is 0. The number of nitrogens with one attached hydrogen (secondary N) is 2. The van der Waals surface area contributed by atoms with Gasteiger partial charge in [0.2, 0.25) is 0 Å². The summed E-state index contributed by atoms with van der Waals surface area (Å²) in [5.74, 6) is 1.17. The largest absolute Gasteiger partial charge is 0.289 e. The van der Waals surface area contributed by atoms with Gasteiger partial charge in [-0.25, -0.2) is 19.3 Å². The summed E-state index contributed by atoms with van der Waals surface area (Å²) in [6.07, 6.45) is 3.32. The van der Waals surface area contributed by atoms with E-state index in [1.165, 1.54) is 9.36 Å². The van der Waals surface area contributed by atoms with Gasteiger partial charge in [-0.05, 0) is 105 Å². The van der Waals surface area contributed by atoms with E-state index in [2.05, 4.69) is 65.3 Å². The Morgan fingerprint density at radius 1 is 0.553 bits per heavy atom. The van der Waals surface area contributed by atoms with Crippen LogP contribution >= 0.6 is 45.2 Å². The number of aromatic amines is 2. The standard InChI is InChI=1S/2C14H10IN3O/c2*15-11-6-4-10(5-7-11)12-9-14(19)18(17-12)13-3-1-2-8-16-13/h2*1-9,17H. The molecule has 0 aliphatic heterocycles. The second-order valence-corrected chi connectivity index (χ2v) is 10.6. The topological polar surface area (TPSA) is 101 Å². The van der Waals surface area contributed by atoms with E-state index >= 15 is 0 Å². The minimum Gasteiger partial charge on any atom is -0.289 e. The van der Waals surface area contributed by atoms with Crippen LogP contribution in [0.3, 0.4) is 0 Å². The Morgan fingerprint density at radius 3 is 1.29 bits per heavy atom. The minimum atomic E-state index is -0.118. The number of H-pyrrole nitrogens is 2. The highest BCUT2D eigenvalue weighted by molar-refractivity contribution is 14.1. The lowest BCUT2D eigenvalue weighted by atomic mass is 10.2. The molecule has 188 valence electrons. The Labute approximate surface area is 244 Å². The van der Waals surface area contributed by atoms with Crippen LogP contribution in [0.5, 0.6) is 0 Å². The molecule has 0 aliphatic rings. The number of rotatable bonds is 4. The zero-order valence-electron chi connectivity index (χ0n) is 19.8. The highest BCUT2D eigenvalue weighted by Gasteiger charge is 2.08. The average molecular weight is 726 g/mol. The Bertz CT molecular complexity index is 1620. The third kappa shape index (κ3) is 6.02. The predicted octanol–water partition coefficient (Wildman–Crippen LogP) is 5.66. The molecule has 0 amide bonds. The van der Waals surface area contributed by atoms with Gasteiger partial charge in [-0.1, -0.05) is 36.4 Å². The number of pyridine rings is 2. The fourth-order valence-electron chi connectivity index (χ4n) is 3.66. The van der Waals surface area contributed by atoms with Crippen LogP contribution in [0.25, 0.3) is 34.2 Å². The van der Waals surface area contributed by atoms with Gasteiger partial charge in [0.25, 0.3) is 11.1 Å². The van der Waals surface area contributed by atoms with Crippen molar-refractivity contribution in [2.75, 3.05) is 0 Å². The van der Waals surface area contributed by atoms with Crippen LogP contribution in [0.4, 0.5) is 0 Å². The van der Waals surface area contributed by atoms with Crippen LogP contribution < -0.4 is 11.1 Å². The van der Waals surface area contributed by atoms with Crippen molar-refractivity contribution < 1.29 is 0 Å². The zero-order chi connectivity index (χ0) is 26.5. The molecule has 2 N–H and O–H groups in total. The molecule has 0 unspecified atom stereocenters. The Hall–Kier alpha value is -3.78. The molecule has 2 aromatic carbocycles. The van der Waals surface area contributed by atoms with E-state index in [0.29, 0.717) is 11.6 Å². The van der Waals surface area contributed by atoms with Crippen LogP contribution in [0.15, 0.2) is 119 Å². The summed E-state index contributed by atoms with van der Waals surface area (Å²) in [6, 6.07) is 30.0. The molecular weight excluding hydrogens is 706 g/mol. The van der Waals surface area contributed by atoms with Gasteiger partial charge in [0, 0.05) is 31.7 Å². The lowest BCUT2D eigenvalue weighted by Gasteiger charge is -2.01. The van der Waals surface area contributed by atoms with E-state index in [1.807, 2.05) is 72.8 Å². The van der Waals surface area contributed by atoms with Crippen LogP contribution in [0.1, 0.15) is 0 Å². The molecule has 8 nitrogen and oxygen atoms in total. The zero-order valence-corrected chi connectivity index (χ0v) is 24.1. The molecular formula is C28H20I2N6O2. The number of hydrogen-bond donors (Lipinski definition) is 2. The van der Waals surface area contributed by atoms with Gasteiger partial charge in [-0.3, -0.25) is 19.8 Å². The molecule has 4 aromatic heterocycles. The van der Waals surface area contributed by atoms with Crippen molar-refractivity contribution in [2.45, 2.75) is 0 Å². The molecule has 10 heteroatoms. The summed E-state index contributed by atoms with van der Waals surface area (Å²) >= 11 is 4.50. The first-order valence-electron chi connectivity index (χ1n) is 11.5. The number of aromatic nitrogens is 6. The Balaban J connectivity index is 0.000000155. The summed E-state index contributed by atoms with van der Waals surface area (Å²) in [5.41, 5.74) is 3.29. The lowest BCUT2D eigenvalue weighted by molar-refractivity contribution is 0.822. The van der Waals surface area contributed by atoms with Crippen molar-refractivity contribution in [3.63, 3.8) is 0 Å². The van der Waals surface area contributed by atoms with Gasteiger partial charge in [0.1, 0.15) is 0 Å². The van der Waals surface area contributed by atoms with E-state index in [-0.39, 0.29) is 11.1 Å². The molecule has 0 spiro atoms. The van der Waals surface area contributed by atoms with Crippen molar-refractivity contribution in [3.05, 3.63) is 137 Å². The van der Waals surface area contributed by atoms with E-state index < -0.39 is 0 Å². The van der Waals surface area contributed by atoms with E-state index in [9.17, 15) is 9.59 Å². The molecule has 0 saturated heterocycles. The molecule has 0 bridgehead atoms. The normalized spacial score (nSPS) is 10.6. The molecule has 0 radical (unpaired) electrons. The van der Waals surface area contributed by atoms with Gasteiger partial charge >= 0.3 is 0 Å². The highest BCUT2D eigenvalue weighted by atomic mass is 127. The summed E-state index contributed by atoms with van der Waals surface area (Å²) in [6.45, 7) is 0. The summed E-state index contributed by atoms with van der Waals surface area (Å²) < 4.78 is 5.20. The van der Waals surface area contributed by atoms with Crippen LogP contribution in [0, 0.1) is 7.14 Å². The summed E-state index contributed by atoms with van der Waals surface area (Å²) in [5, 5.41) is 6.15. The molecule has 38 heavy (non-hydrogen) atoms. The molecule has 0 saturated carbocycles. The third-order valence-electron chi connectivity index (χ3n) is 5.51. The van der Waals surface area contributed by atoms with E-state index in [1.54, 1.807) is 36.7 Å². The molecule has 0 atom stereocenters. The molecule has 0 aliphatic carbocycles. The van der Waals surface area contributed by atoms with Gasteiger partial charge in [0.15, 0.2) is 11.6 Å². The number of nitrogens with zero attached hydrogens (tertiary/aromatic N) is 4. The first-order valence-corrected chi connectivity index (χ1v) is 13.6. The first-order chi connectivity index (χ1) is 18.5. The van der Waals surface area contributed by atoms with Gasteiger partial charge in [-0.2, -0.15) is 0 Å². The quantitative estimate of drug-likeness (QED) is 0.229. The monoisotopic (exact) mass is 726 g/mol. The Kier molecular flexibility index (Phi) is 7.98. The second-order valence-electron chi connectivity index (χ2n) is 8.08. The molecule has 6 aromatic rings. The number of benzene rings is 2. The maximum absolute atomic E-state index is 12.0. The molecule has 4 heterocycles. The lowest BCUT2D eigenvalue weighted by Crippen LogP contribution is -2.14. The maximum atomic E-state index is 12.0. The van der Waals surface area contributed by atoms with Crippen LogP contribution in [-0.4, -0.2) is 29.5 Å². The van der Waals surface area contributed by atoms with Crippen molar-refractivity contribution in [2.24, 2.45) is 0 Å². The fourth-order valence-corrected chi connectivity index (χ4v) is 4.38. The van der Waals surface area contributed by atoms with Gasteiger partial charge in [-0.15, -0.1) is 0 Å². The molecule has 0 fully saturated rings. The van der Waals surface area contributed by atoms with Crippen molar-refractivity contribution >= 4 is 45.2 Å². The molecule has 6 rings (SSSR count). The van der Waals surface area contributed by atoms with Crippen LogP contribution in [-0.2, 0) is 0 Å². The number of hydrogen-bond acceptors (Lipinski definition) is 4. The summed E-state index contributed by atoms with van der Waals surface area (Å²) in [4.78, 5) is 32.3. The first kappa shape index (κ1) is 25.9. The summed E-state index contributed by atoms with van der Waals surface area (Å²) in [7, 11) is 0.